The van der Waals surface area contributed by atoms with Crippen LogP contribution in [0.2, 0.25) is 5.02 Å². The molecule has 0 radical (unpaired) electrons. The Balaban J connectivity index is 1.87. The summed E-state index contributed by atoms with van der Waals surface area (Å²) in [7, 11) is 1.51. The van der Waals surface area contributed by atoms with E-state index >= 15 is 0 Å². The lowest BCUT2D eigenvalue weighted by atomic mass is 10.1. The van der Waals surface area contributed by atoms with Gasteiger partial charge in [0.15, 0.2) is 17.3 Å². The number of aromatic nitrogens is 2. The summed E-state index contributed by atoms with van der Waals surface area (Å²) in [5.74, 6) is 1.14. The Morgan fingerprint density at radius 1 is 1.11 bits per heavy atom. The van der Waals surface area contributed by atoms with E-state index in [0.29, 0.717) is 22.3 Å². The number of imidazole rings is 1. The first-order valence-electron chi connectivity index (χ1n) is 8.30. The van der Waals surface area contributed by atoms with Crippen molar-refractivity contribution in [2.45, 2.75) is 0 Å². The molecule has 6 heteroatoms. The lowest BCUT2D eigenvalue weighted by Gasteiger charge is -2.06. The Morgan fingerprint density at radius 3 is 2.81 bits per heavy atom. The molecule has 4 aromatic rings. The van der Waals surface area contributed by atoms with Crippen LogP contribution in [0.5, 0.6) is 11.5 Å². The smallest absolute Gasteiger partial charge is 0.165 e. The van der Waals surface area contributed by atoms with E-state index in [-0.39, 0.29) is 5.75 Å². The van der Waals surface area contributed by atoms with Crippen LogP contribution in [-0.2, 0) is 0 Å². The number of halogens is 1. The van der Waals surface area contributed by atoms with Gasteiger partial charge >= 0.3 is 0 Å². The number of hydrogen-bond acceptors (Lipinski definition) is 4. The molecule has 1 N–H and O–H groups in total. The average molecular weight is 378 g/mol. The molecule has 2 aromatic carbocycles. The molecule has 0 fully saturated rings. The number of phenols is 1. The van der Waals surface area contributed by atoms with Crippen LogP contribution < -0.4 is 4.74 Å². The summed E-state index contributed by atoms with van der Waals surface area (Å²) in [5, 5.41) is 10.5. The maximum atomic E-state index is 9.88. The lowest BCUT2D eigenvalue weighted by Crippen LogP contribution is -1.87. The van der Waals surface area contributed by atoms with Gasteiger partial charge in [0, 0.05) is 23.0 Å². The van der Waals surface area contributed by atoms with E-state index in [1.807, 2.05) is 53.1 Å². The number of aromatic hydroxyl groups is 1. The van der Waals surface area contributed by atoms with E-state index in [2.05, 4.69) is 4.99 Å². The van der Waals surface area contributed by atoms with Gasteiger partial charge in [-0.25, -0.2) is 9.98 Å². The fourth-order valence-corrected chi connectivity index (χ4v) is 3.05. The van der Waals surface area contributed by atoms with E-state index in [1.54, 1.807) is 24.4 Å². The molecule has 134 valence electrons. The molecule has 0 saturated carbocycles. The molecule has 0 saturated heterocycles. The van der Waals surface area contributed by atoms with Gasteiger partial charge in [0.05, 0.1) is 7.11 Å². The number of hydrogen-bond donors (Lipinski definition) is 1. The van der Waals surface area contributed by atoms with Crippen LogP contribution in [-0.4, -0.2) is 27.8 Å². The van der Waals surface area contributed by atoms with Gasteiger partial charge in [0.1, 0.15) is 11.3 Å². The third kappa shape index (κ3) is 3.37. The second-order valence-corrected chi connectivity index (χ2v) is 6.35. The van der Waals surface area contributed by atoms with E-state index < -0.39 is 0 Å². The van der Waals surface area contributed by atoms with E-state index in [4.69, 9.17) is 21.3 Å². The van der Waals surface area contributed by atoms with Crippen LogP contribution in [0.4, 0.5) is 5.82 Å². The highest BCUT2D eigenvalue weighted by Gasteiger charge is 2.15. The minimum Gasteiger partial charge on any atom is -0.504 e. The van der Waals surface area contributed by atoms with Crippen LogP contribution in [0.3, 0.4) is 0 Å². The first kappa shape index (κ1) is 17.1. The van der Waals surface area contributed by atoms with Crippen LogP contribution in [0, 0.1) is 0 Å². The zero-order chi connectivity index (χ0) is 18.8. The molecular formula is C21H16ClN3O2. The van der Waals surface area contributed by atoms with Crippen LogP contribution in [0.25, 0.3) is 16.9 Å². The van der Waals surface area contributed by atoms with Gasteiger partial charge < -0.3 is 9.84 Å². The summed E-state index contributed by atoms with van der Waals surface area (Å²) in [6.45, 7) is 0. The van der Waals surface area contributed by atoms with Crippen molar-refractivity contribution < 1.29 is 9.84 Å². The molecule has 0 aliphatic heterocycles. The van der Waals surface area contributed by atoms with Gasteiger partial charge in [0.2, 0.25) is 0 Å². The Bertz CT molecular complexity index is 1150. The molecule has 0 aliphatic rings. The van der Waals surface area contributed by atoms with Gasteiger partial charge in [-0.15, -0.1) is 0 Å². The van der Waals surface area contributed by atoms with Crippen molar-refractivity contribution in [1.82, 2.24) is 9.38 Å². The standard InChI is InChI=1S/C21H16ClN3O2/c1-27-18-12-15(8-9-17(18)26)20-21(25-10-3-2-7-19(25)24-20)23-13-14-5-4-6-16(22)11-14/h2-13,26H,1H3. The van der Waals surface area contributed by atoms with Gasteiger partial charge in [0.25, 0.3) is 0 Å². The number of ether oxygens (including phenoxy) is 1. The van der Waals surface area contributed by atoms with Crippen molar-refractivity contribution >= 4 is 29.3 Å². The van der Waals surface area contributed by atoms with E-state index in [9.17, 15) is 5.11 Å². The van der Waals surface area contributed by atoms with Crippen molar-refractivity contribution in [2.24, 2.45) is 4.99 Å². The number of nitrogens with zero attached hydrogens (tertiary/aromatic N) is 3. The zero-order valence-electron chi connectivity index (χ0n) is 14.5. The highest BCUT2D eigenvalue weighted by molar-refractivity contribution is 6.30. The third-order valence-electron chi connectivity index (χ3n) is 4.14. The lowest BCUT2D eigenvalue weighted by molar-refractivity contribution is 0.373. The Kier molecular flexibility index (Phi) is 4.52. The fraction of sp³-hybridized carbons (Fsp3) is 0.0476. The van der Waals surface area contributed by atoms with Gasteiger partial charge in [-0.1, -0.05) is 29.8 Å². The normalized spacial score (nSPS) is 11.3. The van der Waals surface area contributed by atoms with Crippen LogP contribution in [0.1, 0.15) is 5.56 Å². The van der Waals surface area contributed by atoms with Gasteiger partial charge in [-0.05, 0) is 48.0 Å². The molecular weight excluding hydrogens is 362 g/mol. The maximum Gasteiger partial charge on any atom is 0.165 e. The van der Waals surface area contributed by atoms with Gasteiger partial charge in [-0.3, -0.25) is 4.40 Å². The van der Waals surface area contributed by atoms with Crippen molar-refractivity contribution in [1.29, 1.82) is 0 Å². The maximum absolute atomic E-state index is 9.88. The summed E-state index contributed by atoms with van der Waals surface area (Å²) in [6, 6.07) is 18.4. The van der Waals surface area contributed by atoms with Crippen molar-refractivity contribution in [3.63, 3.8) is 0 Å². The molecule has 5 nitrogen and oxygen atoms in total. The summed E-state index contributed by atoms with van der Waals surface area (Å²) < 4.78 is 7.14. The largest absolute Gasteiger partial charge is 0.504 e. The van der Waals surface area contributed by atoms with Crippen LogP contribution in [0.15, 0.2) is 71.9 Å². The predicted octanol–water partition coefficient (Wildman–Crippen LogP) is 5.12. The van der Waals surface area contributed by atoms with Crippen molar-refractivity contribution in [2.75, 3.05) is 7.11 Å². The number of fused-ring (bicyclic) bond motifs is 1. The van der Waals surface area contributed by atoms with Gasteiger partial charge in [-0.2, -0.15) is 0 Å². The summed E-state index contributed by atoms with van der Waals surface area (Å²) in [4.78, 5) is 9.38. The second kappa shape index (κ2) is 7.13. The minimum atomic E-state index is 0.0778. The van der Waals surface area contributed by atoms with E-state index in [1.165, 1.54) is 7.11 Å². The number of aliphatic imine (C=N–C) groups is 1. The number of rotatable bonds is 4. The topological polar surface area (TPSA) is 59.1 Å². The highest BCUT2D eigenvalue weighted by atomic mass is 35.5. The summed E-state index contributed by atoms with van der Waals surface area (Å²) in [5.41, 5.74) is 3.16. The molecule has 0 atom stereocenters. The number of methoxy groups -OCH3 is 1. The number of phenolic OH excluding ortho intramolecular Hbond substituents is 1. The molecule has 0 amide bonds. The molecule has 2 aromatic heterocycles. The first-order valence-corrected chi connectivity index (χ1v) is 8.67. The SMILES string of the molecule is COc1cc(-c2nc3ccccn3c2N=Cc2cccc(Cl)c2)ccc1O. The van der Waals surface area contributed by atoms with Crippen LogP contribution >= 0.6 is 11.6 Å². The quantitative estimate of drug-likeness (QED) is 0.502. The minimum absolute atomic E-state index is 0.0778. The predicted molar refractivity (Wildman–Crippen MR) is 108 cm³/mol. The molecule has 4 rings (SSSR count). The molecule has 0 unspecified atom stereocenters. The summed E-state index contributed by atoms with van der Waals surface area (Å²) in [6.07, 6.45) is 3.66. The molecule has 2 heterocycles. The Labute approximate surface area is 161 Å². The third-order valence-corrected chi connectivity index (χ3v) is 4.38. The zero-order valence-corrected chi connectivity index (χ0v) is 15.3. The summed E-state index contributed by atoms with van der Waals surface area (Å²) >= 11 is 6.06. The number of pyridine rings is 1. The van der Waals surface area contributed by atoms with Crippen molar-refractivity contribution in [3.05, 3.63) is 77.4 Å². The Hall–Kier alpha value is -3.31. The highest BCUT2D eigenvalue weighted by Crippen LogP contribution is 2.36. The average Bonchev–Trinajstić information content (AvgIpc) is 3.05. The molecule has 0 spiro atoms. The van der Waals surface area contributed by atoms with Crippen molar-refractivity contribution in [3.8, 4) is 22.8 Å². The monoisotopic (exact) mass is 377 g/mol. The fourth-order valence-electron chi connectivity index (χ4n) is 2.85. The number of benzene rings is 2. The molecule has 0 bridgehead atoms. The van der Waals surface area contributed by atoms with E-state index in [0.717, 1.165) is 16.8 Å². The Morgan fingerprint density at radius 2 is 2.00 bits per heavy atom. The molecule has 0 aliphatic carbocycles. The first-order chi connectivity index (χ1) is 13.2. The second-order valence-electron chi connectivity index (χ2n) is 5.91. The molecule has 27 heavy (non-hydrogen) atoms.